The van der Waals surface area contributed by atoms with Gasteiger partial charge < -0.3 is 5.32 Å². The molecule has 2 aromatic heterocycles. The molecule has 0 bridgehead atoms. The van der Waals surface area contributed by atoms with Crippen LogP contribution in [0.4, 0.5) is 10.1 Å². The first-order valence-corrected chi connectivity index (χ1v) is 9.41. The van der Waals surface area contributed by atoms with Crippen molar-refractivity contribution in [3.63, 3.8) is 0 Å². The molecular weight excluding hydrogens is 381 g/mol. The highest BCUT2D eigenvalue weighted by Crippen LogP contribution is 2.23. The first-order chi connectivity index (χ1) is 13.2. The maximum Gasteiger partial charge on any atom is 0.226 e. The molecule has 0 unspecified atom stereocenters. The number of nitrogens with one attached hydrogen (secondary N) is 1. The minimum atomic E-state index is -0.377. The molecular formula is C20H23ClFN5O. The van der Waals surface area contributed by atoms with Crippen LogP contribution in [0.25, 0.3) is 0 Å². The summed E-state index contributed by atoms with van der Waals surface area (Å²) in [5, 5.41) is 12.2. The van der Waals surface area contributed by atoms with Crippen LogP contribution in [0.5, 0.6) is 0 Å². The molecule has 2 heterocycles. The molecule has 3 aromatic rings. The molecule has 0 atom stereocenters. The van der Waals surface area contributed by atoms with Gasteiger partial charge in [0.15, 0.2) is 0 Å². The van der Waals surface area contributed by atoms with Crippen molar-refractivity contribution in [1.82, 2.24) is 19.6 Å². The Hall–Kier alpha value is -2.67. The summed E-state index contributed by atoms with van der Waals surface area (Å²) in [5.41, 5.74) is 4.95. The SMILES string of the molecule is Cc1cc(C)n(CCC(=O)Nc2c(C)nn(Cc3ccc(F)cc3Cl)c2C)n1. The lowest BCUT2D eigenvalue weighted by Gasteiger charge is -2.09. The largest absolute Gasteiger partial charge is 0.323 e. The number of halogens is 2. The molecule has 3 rings (SSSR count). The normalized spacial score (nSPS) is 11.1. The summed E-state index contributed by atoms with van der Waals surface area (Å²) < 4.78 is 16.8. The van der Waals surface area contributed by atoms with Crippen LogP contribution in [0.3, 0.4) is 0 Å². The fourth-order valence-corrected chi connectivity index (χ4v) is 3.38. The molecule has 28 heavy (non-hydrogen) atoms. The molecule has 0 saturated carbocycles. The van der Waals surface area contributed by atoms with Gasteiger partial charge in [-0.1, -0.05) is 17.7 Å². The molecule has 0 radical (unpaired) electrons. The van der Waals surface area contributed by atoms with Crippen LogP contribution in [0.1, 0.15) is 34.8 Å². The Morgan fingerprint density at radius 2 is 1.89 bits per heavy atom. The number of benzene rings is 1. The maximum absolute atomic E-state index is 13.2. The van der Waals surface area contributed by atoms with E-state index in [1.807, 2.05) is 38.4 Å². The average Bonchev–Trinajstić information content (AvgIpc) is 3.08. The topological polar surface area (TPSA) is 64.7 Å². The second-order valence-electron chi connectivity index (χ2n) is 6.89. The van der Waals surface area contributed by atoms with Gasteiger partial charge in [-0.15, -0.1) is 0 Å². The van der Waals surface area contributed by atoms with E-state index in [9.17, 15) is 9.18 Å². The summed E-state index contributed by atoms with van der Waals surface area (Å²) in [6.45, 7) is 8.53. The zero-order valence-corrected chi connectivity index (χ0v) is 17.1. The fraction of sp³-hybridized carbons (Fsp3) is 0.350. The van der Waals surface area contributed by atoms with Crippen molar-refractivity contribution in [2.24, 2.45) is 0 Å². The first-order valence-electron chi connectivity index (χ1n) is 9.03. The van der Waals surface area contributed by atoms with E-state index >= 15 is 0 Å². The van der Waals surface area contributed by atoms with Gasteiger partial charge in [-0.25, -0.2) is 4.39 Å². The zero-order valence-electron chi connectivity index (χ0n) is 16.4. The average molecular weight is 404 g/mol. The Kier molecular flexibility index (Phi) is 5.84. The maximum atomic E-state index is 13.2. The highest BCUT2D eigenvalue weighted by molar-refractivity contribution is 6.31. The molecule has 148 valence electrons. The second kappa shape index (κ2) is 8.14. The van der Waals surface area contributed by atoms with Gasteiger partial charge in [-0.3, -0.25) is 14.2 Å². The molecule has 0 spiro atoms. The van der Waals surface area contributed by atoms with Gasteiger partial charge in [0.2, 0.25) is 5.91 Å². The molecule has 0 saturated heterocycles. The van der Waals surface area contributed by atoms with Crippen molar-refractivity contribution < 1.29 is 9.18 Å². The summed E-state index contributed by atoms with van der Waals surface area (Å²) in [4.78, 5) is 12.4. The Bertz CT molecular complexity index is 1020. The number of nitrogens with zero attached hydrogens (tertiary/aromatic N) is 4. The third-order valence-corrected chi connectivity index (χ3v) is 4.99. The van der Waals surface area contributed by atoms with E-state index in [0.29, 0.717) is 30.2 Å². The van der Waals surface area contributed by atoms with Crippen LogP contribution in [0.2, 0.25) is 5.02 Å². The lowest BCUT2D eigenvalue weighted by atomic mass is 10.2. The van der Waals surface area contributed by atoms with Crippen LogP contribution in [0, 0.1) is 33.5 Å². The smallest absolute Gasteiger partial charge is 0.226 e. The fourth-order valence-electron chi connectivity index (χ4n) is 3.15. The molecule has 0 aliphatic carbocycles. The molecule has 0 aliphatic heterocycles. The summed E-state index contributed by atoms with van der Waals surface area (Å²) in [7, 11) is 0. The van der Waals surface area contributed by atoms with E-state index in [2.05, 4.69) is 15.5 Å². The number of aromatic nitrogens is 4. The van der Waals surface area contributed by atoms with Crippen LogP contribution < -0.4 is 5.32 Å². The van der Waals surface area contributed by atoms with Crippen LogP contribution >= 0.6 is 11.6 Å². The number of anilines is 1. The molecule has 1 aromatic carbocycles. The van der Waals surface area contributed by atoms with Crippen LogP contribution in [-0.4, -0.2) is 25.5 Å². The van der Waals surface area contributed by atoms with Crippen molar-refractivity contribution >= 4 is 23.2 Å². The van der Waals surface area contributed by atoms with E-state index < -0.39 is 0 Å². The molecule has 1 amide bonds. The highest BCUT2D eigenvalue weighted by atomic mass is 35.5. The number of hydrogen-bond donors (Lipinski definition) is 1. The van der Waals surface area contributed by atoms with E-state index in [0.717, 1.165) is 28.3 Å². The van der Waals surface area contributed by atoms with Crippen molar-refractivity contribution in [3.05, 3.63) is 63.4 Å². The van der Waals surface area contributed by atoms with Gasteiger partial charge in [0.05, 0.1) is 29.3 Å². The van der Waals surface area contributed by atoms with Crippen LogP contribution in [-0.2, 0) is 17.9 Å². The van der Waals surface area contributed by atoms with Gasteiger partial charge in [0.25, 0.3) is 0 Å². The van der Waals surface area contributed by atoms with E-state index in [-0.39, 0.29) is 11.7 Å². The van der Waals surface area contributed by atoms with E-state index in [4.69, 9.17) is 11.6 Å². The van der Waals surface area contributed by atoms with E-state index in [1.165, 1.54) is 12.1 Å². The van der Waals surface area contributed by atoms with Crippen molar-refractivity contribution in [2.75, 3.05) is 5.32 Å². The molecule has 8 heteroatoms. The quantitative estimate of drug-likeness (QED) is 0.671. The van der Waals surface area contributed by atoms with Gasteiger partial charge in [0, 0.05) is 23.7 Å². The summed E-state index contributed by atoms with van der Waals surface area (Å²) in [6, 6.07) is 6.27. The van der Waals surface area contributed by atoms with Gasteiger partial charge in [0.1, 0.15) is 5.82 Å². The Morgan fingerprint density at radius 3 is 2.54 bits per heavy atom. The van der Waals surface area contributed by atoms with Crippen molar-refractivity contribution in [1.29, 1.82) is 0 Å². The summed E-state index contributed by atoms with van der Waals surface area (Å²) in [5.74, 6) is -0.476. The number of carbonyl (C=O) groups is 1. The minimum Gasteiger partial charge on any atom is -0.323 e. The second-order valence-corrected chi connectivity index (χ2v) is 7.29. The van der Waals surface area contributed by atoms with Gasteiger partial charge >= 0.3 is 0 Å². The van der Waals surface area contributed by atoms with Crippen molar-refractivity contribution in [2.45, 2.75) is 47.2 Å². The standard InChI is InChI=1S/C20H23ClFN5O/c1-12-9-13(2)26(24-12)8-7-19(28)23-20-14(3)25-27(15(20)4)11-16-5-6-17(22)10-18(16)21/h5-6,9-10H,7-8,11H2,1-4H3,(H,23,28). The highest BCUT2D eigenvalue weighted by Gasteiger charge is 2.16. The Labute approximate surface area is 168 Å². The number of aryl methyl sites for hydroxylation is 4. The lowest BCUT2D eigenvalue weighted by Crippen LogP contribution is -2.16. The third kappa shape index (κ3) is 4.42. The van der Waals surface area contributed by atoms with Gasteiger partial charge in [-0.05, 0) is 51.5 Å². The van der Waals surface area contributed by atoms with Crippen molar-refractivity contribution in [3.8, 4) is 0 Å². The Morgan fingerprint density at radius 1 is 1.14 bits per heavy atom. The number of amides is 1. The predicted molar refractivity (Wildman–Crippen MR) is 107 cm³/mol. The van der Waals surface area contributed by atoms with E-state index in [1.54, 1.807) is 10.7 Å². The number of rotatable bonds is 6. The zero-order chi connectivity index (χ0) is 20.4. The first kappa shape index (κ1) is 20.1. The summed E-state index contributed by atoms with van der Waals surface area (Å²) >= 11 is 6.12. The molecule has 6 nitrogen and oxygen atoms in total. The third-order valence-electron chi connectivity index (χ3n) is 4.64. The molecule has 0 fully saturated rings. The summed E-state index contributed by atoms with van der Waals surface area (Å²) in [6.07, 6.45) is 0.315. The number of hydrogen-bond acceptors (Lipinski definition) is 3. The Balaban J connectivity index is 1.69. The number of carbonyl (C=O) groups excluding carboxylic acids is 1. The molecule has 0 aliphatic rings. The van der Waals surface area contributed by atoms with Gasteiger partial charge in [-0.2, -0.15) is 10.2 Å². The minimum absolute atomic E-state index is 0.0990. The molecule has 1 N–H and O–H groups in total. The van der Waals surface area contributed by atoms with Crippen LogP contribution in [0.15, 0.2) is 24.3 Å². The predicted octanol–water partition coefficient (Wildman–Crippen LogP) is 4.18. The lowest BCUT2D eigenvalue weighted by molar-refractivity contribution is -0.116. The monoisotopic (exact) mass is 403 g/mol.